The number of rotatable bonds is 5. The van der Waals surface area contributed by atoms with E-state index in [1.54, 1.807) is 11.3 Å². The number of hydrogen-bond acceptors (Lipinski definition) is 4. The van der Waals surface area contributed by atoms with Crippen molar-refractivity contribution >= 4 is 28.6 Å². The fourth-order valence-corrected chi connectivity index (χ4v) is 4.53. The minimum absolute atomic E-state index is 0.125. The van der Waals surface area contributed by atoms with Crippen LogP contribution in [0.25, 0.3) is 0 Å². The van der Waals surface area contributed by atoms with Crippen LogP contribution < -0.4 is 5.32 Å². The summed E-state index contributed by atoms with van der Waals surface area (Å²) in [5, 5.41) is 7.24. The number of thiophene rings is 2. The van der Waals surface area contributed by atoms with Crippen molar-refractivity contribution in [1.82, 2.24) is 10.2 Å². The highest BCUT2D eigenvalue weighted by atomic mass is 32.1. The third-order valence-electron chi connectivity index (χ3n) is 3.98. The molecule has 1 N–H and O–H groups in total. The van der Waals surface area contributed by atoms with Gasteiger partial charge in [-0.05, 0) is 41.3 Å². The van der Waals surface area contributed by atoms with E-state index in [1.807, 2.05) is 22.8 Å². The number of nitrogens with one attached hydrogen (secondary N) is 1. The van der Waals surface area contributed by atoms with Crippen molar-refractivity contribution in [3.05, 3.63) is 44.3 Å². The monoisotopic (exact) mass is 320 g/mol. The van der Waals surface area contributed by atoms with Crippen LogP contribution in [0.15, 0.2) is 29.0 Å². The maximum Gasteiger partial charge on any atom is 0.234 e. The van der Waals surface area contributed by atoms with Crippen molar-refractivity contribution in [2.24, 2.45) is 0 Å². The van der Waals surface area contributed by atoms with E-state index in [-0.39, 0.29) is 5.91 Å². The van der Waals surface area contributed by atoms with Gasteiger partial charge in [-0.2, -0.15) is 0 Å². The molecule has 0 saturated carbocycles. The highest BCUT2D eigenvalue weighted by Crippen LogP contribution is 2.34. The summed E-state index contributed by atoms with van der Waals surface area (Å²) in [5.41, 5.74) is 1.43. The van der Waals surface area contributed by atoms with Crippen LogP contribution in [0, 0.1) is 0 Å². The van der Waals surface area contributed by atoms with Crippen molar-refractivity contribution in [2.45, 2.75) is 32.4 Å². The summed E-state index contributed by atoms with van der Waals surface area (Å²) in [6.07, 6.45) is 2.13. The van der Waals surface area contributed by atoms with Gasteiger partial charge in [0, 0.05) is 22.3 Å². The molecule has 2 aromatic rings. The zero-order chi connectivity index (χ0) is 14.7. The van der Waals surface area contributed by atoms with E-state index in [1.165, 1.54) is 15.3 Å². The van der Waals surface area contributed by atoms with Gasteiger partial charge in [0.1, 0.15) is 0 Å². The van der Waals surface area contributed by atoms with E-state index in [2.05, 4.69) is 34.7 Å². The first kappa shape index (κ1) is 14.8. The number of hydrogen-bond donors (Lipinski definition) is 1. The molecule has 1 amide bonds. The van der Waals surface area contributed by atoms with Crippen LogP contribution in [0.1, 0.15) is 34.7 Å². The fraction of sp³-hybridized carbons (Fsp3) is 0.438. The van der Waals surface area contributed by atoms with Crippen LogP contribution in [0.5, 0.6) is 0 Å². The van der Waals surface area contributed by atoms with E-state index in [4.69, 9.17) is 0 Å². The van der Waals surface area contributed by atoms with Crippen LogP contribution in [0.2, 0.25) is 0 Å². The van der Waals surface area contributed by atoms with Gasteiger partial charge in [-0.15, -0.1) is 22.7 Å². The molecule has 1 unspecified atom stereocenters. The second-order valence-electron chi connectivity index (χ2n) is 5.30. The first-order chi connectivity index (χ1) is 10.3. The highest BCUT2D eigenvalue weighted by Gasteiger charge is 2.27. The molecule has 0 radical (unpaired) electrons. The third kappa shape index (κ3) is 3.36. The molecule has 5 heteroatoms. The molecular formula is C16H20N2OS2. The molecule has 3 heterocycles. The molecule has 0 aromatic carbocycles. The van der Waals surface area contributed by atoms with Crippen LogP contribution in [-0.4, -0.2) is 23.9 Å². The van der Waals surface area contributed by atoms with E-state index >= 15 is 0 Å². The average Bonchev–Trinajstić information content (AvgIpc) is 3.16. The molecule has 3 nitrogen and oxygen atoms in total. The molecule has 112 valence electrons. The predicted octanol–water partition coefficient (Wildman–Crippen LogP) is 3.44. The van der Waals surface area contributed by atoms with Gasteiger partial charge in [-0.25, -0.2) is 0 Å². The van der Waals surface area contributed by atoms with Crippen molar-refractivity contribution in [1.29, 1.82) is 0 Å². The molecule has 1 atom stereocenters. The van der Waals surface area contributed by atoms with Gasteiger partial charge in [0.2, 0.25) is 5.91 Å². The summed E-state index contributed by atoms with van der Waals surface area (Å²) in [6, 6.07) is 6.69. The molecule has 1 aliphatic heterocycles. The molecular weight excluding hydrogens is 300 g/mol. The SMILES string of the molecule is CCC1c2ccsc2CCN1CC(=O)NCc1cccs1. The van der Waals surface area contributed by atoms with Gasteiger partial charge in [0.05, 0.1) is 13.1 Å². The molecule has 2 aromatic heterocycles. The fourth-order valence-electron chi connectivity index (χ4n) is 2.95. The summed E-state index contributed by atoms with van der Waals surface area (Å²) in [5.74, 6) is 0.125. The molecule has 3 rings (SSSR count). The molecule has 0 bridgehead atoms. The Morgan fingerprint density at radius 2 is 2.29 bits per heavy atom. The second-order valence-corrected chi connectivity index (χ2v) is 7.33. The summed E-state index contributed by atoms with van der Waals surface area (Å²) in [6.45, 7) is 4.33. The molecule has 0 aliphatic carbocycles. The summed E-state index contributed by atoms with van der Waals surface area (Å²) in [4.78, 5) is 17.2. The third-order valence-corrected chi connectivity index (χ3v) is 5.85. The lowest BCUT2D eigenvalue weighted by Gasteiger charge is -2.34. The van der Waals surface area contributed by atoms with Gasteiger partial charge in [0.15, 0.2) is 0 Å². The van der Waals surface area contributed by atoms with Gasteiger partial charge < -0.3 is 5.32 Å². The first-order valence-electron chi connectivity index (χ1n) is 7.37. The Hall–Kier alpha value is -1.17. The van der Waals surface area contributed by atoms with Crippen LogP contribution >= 0.6 is 22.7 Å². The maximum atomic E-state index is 12.2. The summed E-state index contributed by atoms with van der Waals surface area (Å²) in [7, 11) is 0. The first-order valence-corrected chi connectivity index (χ1v) is 9.13. The molecule has 21 heavy (non-hydrogen) atoms. The molecule has 0 fully saturated rings. The van der Waals surface area contributed by atoms with E-state index in [9.17, 15) is 4.79 Å². The standard InChI is InChI=1S/C16H20N2OS2/c1-2-14-13-6-9-21-15(13)5-7-18(14)11-16(19)17-10-12-4-3-8-20-12/h3-4,6,8-9,14H,2,5,7,10-11H2,1H3,(H,17,19). The van der Waals surface area contributed by atoms with Crippen LogP contribution in [-0.2, 0) is 17.8 Å². The Kier molecular flexibility index (Phi) is 4.73. The lowest BCUT2D eigenvalue weighted by atomic mass is 9.98. The summed E-state index contributed by atoms with van der Waals surface area (Å²) < 4.78 is 0. The largest absolute Gasteiger partial charge is 0.350 e. The number of fused-ring (bicyclic) bond motifs is 1. The topological polar surface area (TPSA) is 32.3 Å². The Morgan fingerprint density at radius 3 is 3.05 bits per heavy atom. The van der Waals surface area contributed by atoms with Gasteiger partial charge in [-0.1, -0.05) is 13.0 Å². The van der Waals surface area contributed by atoms with Crippen molar-refractivity contribution in [3.8, 4) is 0 Å². The Bertz CT molecular complexity index is 591. The molecule has 1 aliphatic rings. The minimum Gasteiger partial charge on any atom is -0.350 e. The predicted molar refractivity (Wildman–Crippen MR) is 88.8 cm³/mol. The number of carbonyl (C=O) groups excluding carboxylic acids is 1. The zero-order valence-electron chi connectivity index (χ0n) is 12.2. The van der Waals surface area contributed by atoms with Crippen LogP contribution in [0.4, 0.5) is 0 Å². The van der Waals surface area contributed by atoms with Gasteiger partial charge in [0.25, 0.3) is 0 Å². The Morgan fingerprint density at radius 1 is 1.38 bits per heavy atom. The number of carbonyl (C=O) groups is 1. The number of nitrogens with zero attached hydrogens (tertiary/aromatic N) is 1. The lowest BCUT2D eigenvalue weighted by Crippen LogP contribution is -2.41. The van der Waals surface area contributed by atoms with Crippen LogP contribution in [0.3, 0.4) is 0 Å². The second kappa shape index (κ2) is 6.73. The van der Waals surface area contributed by atoms with E-state index in [0.717, 1.165) is 19.4 Å². The zero-order valence-corrected chi connectivity index (χ0v) is 13.8. The molecule has 0 spiro atoms. The van der Waals surface area contributed by atoms with Gasteiger partial charge in [-0.3, -0.25) is 9.69 Å². The number of amides is 1. The van der Waals surface area contributed by atoms with Gasteiger partial charge >= 0.3 is 0 Å². The normalized spacial score (nSPS) is 18.4. The van der Waals surface area contributed by atoms with E-state index in [0.29, 0.717) is 19.1 Å². The van der Waals surface area contributed by atoms with Crippen molar-refractivity contribution < 1.29 is 4.79 Å². The molecule has 0 saturated heterocycles. The summed E-state index contributed by atoms with van der Waals surface area (Å²) >= 11 is 3.53. The Balaban J connectivity index is 1.58. The maximum absolute atomic E-state index is 12.2. The average molecular weight is 320 g/mol. The van der Waals surface area contributed by atoms with Crippen molar-refractivity contribution in [2.75, 3.05) is 13.1 Å². The Labute approximate surface area is 133 Å². The lowest BCUT2D eigenvalue weighted by molar-refractivity contribution is -0.123. The smallest absolute Gasteiger partial charge is 0.234 e. The highest BCUT2D eigenvalue weighted by molar-refractivity contribution is 7.10. The van der Waals surface area contributed by atoms with E-state index < -0.39 is 0 Å². The van der Waals surface area contributed by atoms with Crippen molar-refractivity contribution in [3.63, 3.8) is 0 Å². The minimum atomic E-state index is 0.125. The quantitative estimate of drug-likeness (QED) is 0.915.